The van der Waals surface area contributed by atoms with Gasteiger partial charge in [-0.15, -0.1) is 0 Å². The number of halogens is 1. The van der Waals surface area contributed by atoms with Gasteiger partial charge in [0.2, 0.25) is 0 Å². The smallest absolute Gasteiger partial charge is 0.150 e. The highest BCUT2D eigenvalue weighted by Gasteiger charge is 2.14. The minimum Gasteiger partial charge on any atom is -0.508 e. The largest absolute Gasteiger partial charge is 0.508 e. The Morgan fingerprint density at radius 2 is 2.00 bits per heavy atom. The van der Waals surface area contributed by atoms with Crippen molar-refractivity contribution >= 4 is 37.9 Å². The average molecular weight is 277 g/mol. The number of phenolic OH excluding ortho intramolecular Hbond substituents is 1. The molecule has 0 aliphatic heterocycles. The van der Waals surface area contributed by atoms with E-state index >= 15 is 0 Å². The van der Waals surface area contributed by atoms with Crippen LogP contribution in [0.1, 0.15) is 5.56 Å². The van der Waals surface area contributed by atoms with Crippen LogP contribution in [-0.2, 0) is 0 Å². The molecule has 3 aromatic rings. The summed E-state index contributed by atoms with van der Waals surface area (Å²) in [4.78, 5) is 0. The van der Waals surface area contributed by atoms with Crippen LogP contribution in [0.2, 0.25) is 0 Å². The molecule has 0 unspecified atom stereocenters. The molecule has 3 rings (SSSR count). The number of benzene rings is 2. The van der Waals surface area contributed by atoms with Gasteiger partial charge in [-0.3, -0.25) is 0 Å². The maximum Gasteiger partial charge on any atom is 0.150 e. The second kappa shape index (κ2) is 3.25. The SMILES string of the molecule is Cc1c(O)cc(Br)c2oc3ccccc3c12. The number of furan rings is 1. The lowest BCUT2D eigenvalue weighted by molar-refractivity contribution is 0.471. The first kappa shape index (κ1) is 9.73. The van der Waals surface area contributed by atoms with Gasteiger partial charge in [-0.1, -0.05) is 18.2 Å². The second-order valence-electron chi connectivity index (χ2n) is 3.80. The molecule has 0 aliphatic rings. The molecule has 0 aliphatic carbocycles. The van der Waals surface area contributed by atoms with Gasteiger partial charge in [-0.25, -0.2) is 0 Å². The number of aryl methyl sites for hydroxylation is 1. The van der Waals surface area contributed by atoms with Gasteiger partial charge >= 0.3 is 0 Å². The third-order valence-corrected chi connectivity index (χ3v) is 3.42. The van der Waals surface area contributed by atoms with Crippen molar-refractivity contribution in [1.82, 2.24) is 0 Å². The summed E-state index contributed by atoms with van der Waals surface area (Å²) in [5.41, 5.74) is 2.48. The van der Waals surface area contributed by atoms with Crippen molar-refractivity contribution in [2.75, 3.05) is 0 Å². The first-order chi connectivity index (χ1) is 7.68. The fraction of sp³-hybridized carbons (Fsp3) is 0.0769. The highest BCUT2D eigenvalue weighted by atomic mass is 79.9. The Hall–Kier alpha value is -1.48. The molecule has 1 aromatic heterocycles. The minimum absolute atomic E-state index is 0.283. The molecule has 0 atom stereocenters. The van der Waals surface area contributed by atoms with Crippen molar-refractivity contribution < 1.29 is 9.52 Å². The molecule has 80 valence electrons. The van der Waals surface area contributed by atoms with E-state index in [4.69, 9.17) is 4.42 Å². The maximum absolute atomic E-state index is 9.80. The Morgan fingerprint density at radius 1 is 1.25 bits per heavy atom. The molecule has 0 bridgehead atoms. The first-order valence-corrected chi connectivity index (χ1v) is 5.77. The Kier molecular flexibility index (Phi) is 1.98. The lowest BCUT2D eigenvalue weighted by Gasteiger charge is -2.01. The van der Waals surface area contributed by atoms with Crippen molar-refractivity contribution in [3.63, 3.8) is 0 Å². The van der Waals surface area contributed by atoms with Gasteiger partial charge in [0.05, 0.1) is 4.47 Å². The quantitative estimate of drug-likeness (QED) is 0.662. The number of hydrogen-bond donors (Lipinski definition) is 1. The lowest BCUT2D eigenvalue weighted by atomic mass is 10.1. The molecule has 2 aromatic carbocycles. The molecule has 3 heteroatoms. The summed E-state index contributed by atoms with van der Waals surface area (Å²) < 4.78 is 6.54. The molecule has 0 amide bonds. The fourth-order valence-electron chi connectivity index (χ4n) is 2.01. The van der Waals surface area contributed by atoms with E-state index in [0.717, 1.165) is 32.0 Å². The van der Waals surface area contributed by atoms with Crippen LogP contribution in [0.5, 0.6) is 5.75 Å². The van der Waals surface area contributed by atoms with E-state index in [9.17, 15) is 5.11 Å². The molecular formula is C13H9BrO2. The van der Waals surface area contributed by atoms with E-state index in [-0.39, 0.29) is 5.75 Å². The number of hydrogen-bond acceptors (Lipinski definition) is 2. The van der Waals surface area contributed by atoms with Crippen molar-refractivity contribution in [1.29, 1.82) is 0 Å². The fourth-order valence-corrected chi connectivity index (χ4v) is 2.50. The average Bonchev–Trinajstić information content (AvgIpc) is 2.66. The van der Waals surface area contributed by atoms with E-state index in [1.165, 1.54) is 0 Å². The standard InChI is InChI=1S/C13H9BrO2/c1-7-10(15)6-9(14)13-12(7)8-4-2-3-5-11(8)16-13/h2-6,15H,1H3. The zero-order valence-electron chi connectivity index (χ0n) is 8.62. The van der Waals surface area contributed by atoms with Crippen LogP contribution in [0.3, 0.4) is 0 Å². The molecule has 1 heterocycles. The number of phenols is 1. The topological polar surface area (TPSA) is 33.4 Å². The predicted molar refractivity (Wildman–Crippen MR) is 67.8 cm³/mol. The van der Waals surface area contributed by atoms with Gasteiger partial charge in [0, 0.05) is 16.3 Å². The lowest BCUT2D eigenvalue weighted by Crippen LogP contribution is -1.78. The summed E-state index contributed by atoms with van der Waals surface area (Å²) in [6, 6.07) is 9.50. The van der Waals surface area contributed by atoms with Gasteiger partial charge in [-0.05, 0) is 35.0 Å². The Morgan fingerprint density at radius 3 is 2.81 bits per heavy atom. The molecule has 1 N–H and O–H groups in total. The third-order valence-electron chi connectivity index (χ3n) is 2.84. The predicted octanol–water partition coefficient (Wildman–Crippen LogP) is 4.36. The zero-order chi connectivity index (χ0) is 11.3. The van der Waals surface area contributed by atoms with E-state index in [0.29, 0.717) is 0 Å². The Balaban J connectivity index is 2.66. The summed E-state index contributed by atoms with van der Waals surface area (Å²) in [6.07, 6.45) is 0. The monoisotopic (exact) mass is 276 g/mol. The molecule has 0 fully saturated rings. The van der Waals surface area contributed by atoms with E-state index in [2.05, 4.69) is 15.9 Å². The zero-order valence-corrected chi connectivity index (χ0v) is 10.2. The maximum atomic E-state index is 9.80. The molecule has 0 radical (unpaired) electrons. The molecule has 0 spiro atoms. The van der Waals surface area contributed by atoms with Gasteiger partial charge in [0.15, 0.2) is 0 Å². The second-order valence-corrected chi connectivity index (χ2v) is 4.66. The van der Waals surface area contributed by atoms with Crippen LogP contribution in [0.25, 0.3) is 21.9 Å². The molecule has 16 heavy (non-hydrogen) atoms. The summed E-state index contributed by atoms with van der Waals surface area (Å²) in [5.74, 6) is 0.283. The Labute approximate surface area is 101 Å². The highest BCUT2D eigenvalue weighted by Crippen LogP contribution is 2.39. The van der Waals surface area contributed by atoms with Crippen molar-refractivity contribution in [3.8, 4) is 5.75 Å². The minimum atomic E-state index is 0.283. The Bertz CT molecular complexity index is 698. The van der Waals surface area contributed by atoms with Gasteiger partial charge < -0.3 is 9.52 Å². The molecule has 0 saturated heterocycles. The van der Waals surface area contributed by atoms with E-state index in [1.54, 1.807) is 6.07 Å². The van der Waals surface area contributed by atoms with E-state index in [1.807, 2.05) is 31.2 Å². The van der Waals surface area contributed by atoms with Crippen LogP contribution in [0.4, 0.5) is 0 Å². The van der Waals surface area contributed by atoms with Crippen LogP contribution >= 0.6 is 15.9 Å². The summed E-state index contributed by atoms with van der Waals surface area (Å²) in [5, 5.41) is 11.8. The third kappa shape index (κ3) is 1.18. The van der Waals surface area contributed by atoms with Crippen LogP contribution < -0.4 is 0 Å². The molecule has 0 saturated carbocycles. The summed E-state index contributed by atoms with van der Waals surface area (Å²) in [7, 11) is 0. The van der Waals surface area contributed by atoms with Gasteiger partial charge in [-0.2, -0.15) is 0 Å². The summed E-state index contributed by atoms with van der Waals surface area (Å²) in [6.45, 7) is 1.89. The van der Waals surface area contributed by atoms with E-state index < -0.39 is 0 Å². The first-order valence-electron chi connectivity index (χ1n) is 4.98. The number of aromatic hydroxyl groups is 1. The van der Waals surface area contributed by atoms with Gasteiger partial charge in [0.1, 0.15) is 16.9 Å². The highest BCUT2D eigenvalue weighted by molar-refractivity contribution is 9.10. The number of para-hydroxylation sites is 1. The van der Waals surface area contributed by atoms with Crippen LogP contribution in [-0.4, -0.2) is 5.11 Å². The number of fused-ring (bicyclic) bond motifs is 3. The van der Waals surface area contributed by atoms with Gasteiger partial charge in [0.25, 0.3) is 0 Å². The normalized spacial score (nSPS) is 11.4. The van der Waals surface area contributed by atoms with Crippen molar-refractivity contribution in [3.05, 3.63) is 40.4 Å². The summed E-state index contributed by atoms with van der Waals surface area (Å²) >= 11 is 3.41. The number of rotatable bonds is 0. The van der Waals surface area contributed by atoms with Crippen molar-refractivity contribution in [2.45, 2.75) is 6.92 Å². The van der Waals surface area contributed by atoms with Crippen LogP contribution in [0, 0.1) is 6.92 Å². The van der Waals surface area contributed by atoms with Crippen LogP contribution in [0.15, 0.2) is 39.2 Å². The van der Waals surface area contributed by atoms with Crippen molar-refractivity contribution in [2.24, 2.45) is 0 Å². The molecular weight excluding hydrogens is 268 g/mol. The molecule has 2 nitrogen and oxygen atoms in total.